The molecule has 0 saturated carbocycles. The van der Waals surface area contributed by atoms with Crippen molar-refractivity contribution in [2.45, 2.75) is 6.42 Å². The van der Waals surface area contributed by atoms with Gasteiger partial charge in [-0.1, -0.05) is 48.5 Å². The van der Waals surface area contributed by atoms with E-state index in [-0.39, 0.29) is 0 Å². The summed E-state index contributed by atoms with van der Waals surface area (Å²) in [6, 6.07) is 18.1. The summed E-state index contributed by atoms with van der Waals surface area (Å²) in [7, 11) is 0. The maximum Gasteiger partial charge on any atom is 0.182 e. The number of hydrogen-bond acceptors (Lipinski definition) is 4. The van der Waals surface area contributed by atoms with Gasteiger partial charge in [0.2, 0.25) is 0 Å². The van der Waals surface area contributed by atoms with Crippen LogP contribution in [0.25, 0.3) is 11.4 Å². The van der Waals surface area contributed by atoms with Crippen molar-refractivity contribution in [3.05, 3.63) is 65.9 Å². The van der Waals surface area contributed by atoms with Crippen molar-refractivity contribution in [3.63, 3.8) is 0 Å². The van der Waals surface area contributed by atoms with E-state index < -0.39 is 0 Å². The van der Waals surface area contributed by atoms with E-state index in [2.05, 4.69) is 26.6 Å². The van der Waals surface area contributed by atoms with Gasteiger partial charge < -0.3 is 5.32 Å². The number of aromatic nitrogens is 3. The molecule has 20 heavy (non-hydrogen) atoms. The van der Waals surface area contributed by atoms with Crippen molar-refractivity contribution < 1.29 is 0 Å². The third kappa shape index (κ3) is 1.82. The first-order valence-electron chi connectivity index (χ1n) is 6.54. The van der Waals surface area contributed by atoms with Crippen LogP contribution in [0.5, 0.6) is 0 Å². The maximum absolute atomic E-state index is 4.65. The molecule has 1 N–H and O–H groups in total. The van der Waals surface area contributed by atoms with Crippen LogP contribution < -0.4 is 5.32 Å². The van der Waals surface area contributed by atoms with Crippen molar-refractivity contribution in [1.82, 2.24) is 15.2 Å². The predicted molar refractivity (Wildman–Crippen MR) is 77.8 cm³/mol. The molecule has 96 valence electrons. The van der Waals surface area contributed by atoms with Crippen LogP contribution in [0, 0.1) is 0 Å². The van der Waals surface area contributed by atoms with Crippen LogP contribution in [0.1, 0.15) is 11.3 Å². The van der Waals surface area contributed by atoms with Gasteiger partial charge >= 0.3 is 0 Å². The fourth-order valence-electron chi connectivity index (χ4n) is 2.39. The van der Waals surface area contributed by atoms with Gasteiger partial charge in [0, 0.05) is 17.7 Å². The summed E-state index contributed by atoms with van der Waals surface area (Å²) in [5.74, 6) is 1.42. The van der Waals surface area contributed by atoms with Crippen LogP contribution in [0.4, 0.5) is 11.5 Å². The Balaban J connectivity index is 1.77. The van der Waals surface area contributed by atoms with Crippen molar-refractivity contribution in [1.29, 1.82) is 0 Å². The van der Waals surface area contributed by atoms with Gasteiger partial charge in [-0.15, -0.1) is 10.2 Å². The lowest BCUT2D eigenvalue weighted by Gasteiger charge is -2.19. The first-order valence-corrected chi connectivity index (χ1v) is 6.54. The highest BCUT2D eigenvalue weighted by molar-refractivity contribution is 5.68. The summed E-state index contributed by atoms with van der Waals surface area (Å²) in [6.45, 7) is 0. The van der Waals surface area contributed by atoms with E-state index in [1.165, 1.54) is 5.56 Å². The summed E-state index contributed by atoms with van der Waals surface area (Å²) >= 11 is 0. The highest BCUT2D eigenvalue weighted by Gasteiger charge is 2.18. The Kier molecular flexibility index (Phi) is 2.45. The maximum atomic E-state index is 4.65. The second-order valence-corrected chi connectivity index (χ2v) is 4.76. The summed E-state index contributed by atoms with van der Waals surface area (Å²) in [4.78, 5) is 4.65. The molecule has 0 spiro atoms. The van der Waals surface area contributed by atoms with Crippen molar-refractivity contribution in [3.8, 4) is 11.4 Å². The Morgan fingerprint density at radius 3 is 2.55 bits per heavy atom. The smallest absolute Gasteiger partial charge is 0.182 e. The number of hydrogen-bond donors (Lipinski definition) is 1. The fraction of sp³-hybridized carbons (Fsp3) is 0.0625. The van der Waals surface area contributed by atoms with Crippen LogP contribution in [-0.2, 0) is 6.42 Å². The molecule has 1 aromatic heterocycles. The van der Waals surface area contributed by atoms with Gasteiger partial charge in [-0.2, -0.15) is 0 Å². The molecule has 0 radical (unpaired) electrons. The molecule has 0 saturated heterocycles. The molecule has 0 bridgehead atoms. The van der Waals surface area contributed by atoms with Gasteiger partial charge in [-0.05, 0) is 11.6 Å². The van der Waals surface area contributed by atoms with E-state index >= 15 is 0 Å². The number of fused-ring (bicyclic) bond motifs is 2. The molecule has 2 heterocycles. The van der Waals surface area contributed by atoms with Crippen molar-refractivity contribution >= 4 is 11.5 Å². The standard InChI is InChI=1S/C16H12N4/c1-2-6-11(7-3-1)15-18-14-10-12-8-4-5-9-13(12)17-16(14)20-19-15/h1-9H,10H2,(H,17,20). The van der Waals surface area contributed by atoms with Crippen LogP contribution in [-0.4, -0.2) is 15.2 Å². The average Bonchev–Trinajstić information content (AvgIpc) is 2.53. The van der Waals surface area contributed by atoms with E-state index in [4.69, 9.17) is 0 Å². The molecule has 4 heteroatoms. The van der Waals surface area contributed by atoms with Gasteiger partial charge in [0.15, 0.2) is 11.6 Å². The number of nitrogens with zero attached hydrogens (tertiary/aromatic N) is 3. The highest BCUT2D eigenvalue weighted by Crippen LogP contribution is 2.30. The van der Waals surface area contributed by atoms with E-state index in [1.807, 2.05) is 48.5 Å². The summed E-state index contributed by atoms with van der Waals surface area (Å²) in [6.07, 6.45) is 0.786. The molecule has 2 aromatic carbocycles. The largest absolute Gasteiger partial charge is 0.337 e. The molecule has 4 nitrogen and oxygen atoms in total. The fourth-order valence-corrected chi connectivity index (χ4v) is 2.39. The third-order valence-corrected chi connectivity index (χ3v) is 3.42. The minimum absolute atomic E-state index is 0.672. The average molecular weight is 260 g/mol. The van der Waals surface area contributed by atoms with E-state index in [1.54, 1.807) is 0 Å². The third-order valence-electron chi connectivity index (χ3n) is 3.42. The number of nitrogens with one attached hydrogen (secondary N) is 1. The zero-order valence-electron chi connectivity index (χ0n) is 10.7. The van der Waals surface area contributed by atoms with Crippen LogP contribution in [0.15, 0.2) is 54.6 Å². The number of benzene rings is 2. The predicted octanol–water partition coefficient (Wildman–Crippen LogP) is 3.19. The second-order valence-electron chi connectivity index (χ2n) is 4.76. The van der Waals surface area contributed by atoms with Crippen molar-refractivity contribution in [2.24, 2.45) is 0 Å². The molecule has 0 fully saturated rings. The van der Waals surface area contributed by atoms with Crippen LogP contribution in [0.2, 0.25) is 0 Å². The van der Waals surface area contributed by atoms with Gasteiger partial charge in [-0.3, -0.25) is 0 Å². The first kappa shape index (κ1) is 11.1. The Bertz CT molecular complexity index is 768. The van der Waals surface area contributed by atoms with Crippen LogP contribution >= 0.6 is 0 Å². The normalized spacial score (nSPS) is 12.2. The molecule has 0 amide bonds. The number of anilines is 2. The number of rotatable bonds is 1. The molecular weight excluding hydrogens is 248 g/mol. The second kappa shape index (κ2) is 4.42. The summed E-state index contributed by atoms with van der Waals surface area (Å²) in [5.41, 5.74) is 4.25. The summed E-state index contributed by atoms with van der Waals surface area (Å²) < 4.78 is 0. The van der Waals surface area contributed by atoms with Gasteiger partial charge in [0.05, 0.1) is 5.69 Å². The van der Waals surface area contributed by atoms with E-state index in [9.17, 15) is 0 Å². The monoisotopic (exact) mass is 260 g/mol. The molecule has 0 unspecified atom stereocenters. The van der Waals surface area contributed by atoms with E-state index in [0.29, 0.717) is 5.82 Å². The molecular formula is C16H12N4. The Labute approximate surface area is 116 Å². The first-order chi connectivity index (χ1) is 9.90. The zero-order chi connectivity index (χ0) is 13.4. The lowest BCUT2D eigenvalue weighted by Crippen LogP contribution is -2.12. The molecule has 0 aliphatic carbocycles. The molecule has 3 aromatic rings. The van der Waals surface area contributed by atoms with E-state index in [0.717, 1.165) is 29.2 Å². The van der Waals surface area contributed by atoms with Gasteiger partial charge in [0.1, 0.15) is 0 Å². The molecule has 0 atom stereocenters. The summed E-state index contributed by atoms with van der Waals surface area (Å²) in [5, 5.41) is 11.8. The zero-order valence-corrected chi connectivity index (χ0v) is 10.7. The molecule has 4 rings (SSSR count). The lowest BCUT2D eigenvalue weighted by molar-refractivity contribution is 0.917. The van der Waals surface area contributed by atoms with Gasteiger partial charge in [0.25, 0.3) is 0 Å². The minimum atomic E-state index is 0.672. The molecule has 1 aliphatic rings. The molecule has 1 aliphatic heterocycles. The Morgan fingerprint density at radius 2 is 1.65 bits per heavy atom. The number of para-hydroxylation sites is 1. The Morgan fingerprint density at radius 1 is 0.850 bits per heavy atom. The topological polar surface area (TPSA) is 50.7 Å². The highest BCUT2D eigenvalue weighted by atomic mass is 15.2. The lowest BCUT2D eigenvalue weighted by atomic mass is 10.0. The quantitative estimate of drug-likeness (QED) is 0.571. The van der Waals surface area contributed by atoms with Gasteiger partial charge in [-0.25, -0.2) is 4.98 Å². The Hall–Kier alpha value is -2.75. The van der Waals surface area contributed by atoms with Crippen LogP contribution in [0.3, 0.4) is 0 Å². The van der Waals surface area contributed by atoms with Crippen molar-refractivity contribution in [2.75, 3.05) is 5.32 Å². The SMILES string of the molecule is c1ccc(-c2nnc3c(n2)Cc2ccccc2N3)cc1. The minimum Gasteiger partial charge on any atom is -0.337 e.